The third-order valence-corrected chi connectivity index (χ3v) is 6.29. The number of aromatic nitrogens is 3. The topological polar surface area (TPSA) is 98.5 Å². The Labute approximate surface area is 193 Å². The number of carbonyl (C=O) groups excluding carboxylic acids is 1. The number of nitrogens with one attached hydrogen (secondary N) is 1. The minimum atomic E-state index is -0.715. The molecule has 0 aliphatic carbocycles. The number of amides is 1. The van der Waals surface area contributed by atoms with E-state index >= 15 is 0 Å². The number of rotatable bonds is 6. The normalized spacial score (nSPS) is 18.2. The van der Waals surface area contributed by atoms with E-state index in [-0.39, 0.29) is 18.6 Å². The first-order chi connectivity index (χ1) is 15.9. The predicted octanol–water partition coefficient (Wildman–Crippen LogP) is 2.58. The van der Waals surface area contributed by atoms with Gasteiger partial charge in [-0.1, -0.05) is 29.5 Å². The molecule has 2 aromatic carbocycles. The average Bonchev–Trinajstić information content (AvgIpc) is 3.25. The monoisotopic (exact) mass is 450 g/mol. The van der Waals surface area contributed by atoms with E-state index in [9.17, 15) is 9.90 Å². The summed E-state index contributed by atoms with van der Waals surface area (Å²) in [6, 6.07) is 9.77. The number of methoxy groups -OCH3 is 1. The number of nitrogens with zero attached hydrogens (tertiary/aromatic N) is 3. The van der Waals surface area contributed by atoms with Crippen LogP contribution in [0, 0.1) is 13.8 Å². The van der Waals surface area contributed by atoms with Crippen molar-refractivity contribution in [1.29, 1.82) is 0 Å². The minimum absolute atomic E-state index is 0.227. The van der Waals surface area contributed by atoms with E-state index in [4.69, 9.17) is 9.47 Å². The molecule has 2 N–H and O–H groups in total. The fraction of sp³-hybridized carbons (Fsp3) is 0.400. The summed E-state index contributed by atoms with van der Waals surface area (Å²) >= 11 is 0. The number of aryl methyl sites for hydroxylation is 1. The summed E-state index contributed by atoms with van der Waals surface area (Å²) in [5.74, 6) is 0.313. The second-order valence-corrected chi connectivity index (χ2v) is 8.53. The second kappa shape index (κ2) is 9.72. The Hall–Kier alpha value is -3.23. The lowest BCUT2D eigenvalue weighted by Crippen LogP contribution is -2.48. The van der Waals surface area contributed by atoms with Gasteiger partial charge in [0.2, 0.25) is 0 Å². The molecule has 174 valence electrons. The highest BCUT2D eigenvalue weighted by atomic mass is 16.5. The Kier molecular flexibility index (Phi) is 6.76. The van der Waals surface area contributed by atoms with Gasteiger partial charge in [0.15, 0.2) is 0 Å². The summed E-state index contributed by atoms with van der Waals surface area (Å²) in [6.07, 6.45) is 2.42. The molecule has 4 rings (SSSR count). The molecule has 2 heterocycles. The van der Waals surface area contributed by atoms with Gasteiger partial charge in [-0.05, 0) is 55.0 Å². The molecular formula is C25H30N4O4. The number of hydrogen-bond acceptors (Lipinski definition) is 6. The number of aliphatic hydroxyl groups excluding tert-OH is 1. The summed E-state index contributed by atoms with van der Waals surface area (Å²) in [5.41, 5.74) is 6.51. The van der Waals surface area contributed by atoms with Crippen LogP contribution in [-0.2, 0) is 18.2 Å². The number of hydrogen-bond donors (Lipinski definition) is 2. The molecule has 2 atom stereocenters. The van der Waals surface area contributed by atoms with E-state index in [2.05, 4.69) is 27.8 Å². The van der Waals surface area contributed by atoms with Crippen molar-refractivity contribution < 1.29 is 19.4 Å². The van der Waals surface area contributed by atoms with E-state index in [1.807, 2.05) is 45.3 Å². The SMILES string of the molecule is COc1c(C(=O)N[C@H]2CCOC[C@@H]2O)cc(Cc2ccc(-c3cn(C)nn3)cc2)c(C)c1C. The lowest BCUT2D eigenvalue weighted by atomic mass is 9.92. The summed E-state index contributed by atoms with van der Waals surface area (Å²) in [5, 5.41) is 21.3. The zero-order valence-electron chi connectivity index (χ0n) is 19.5. The van der Waals surface area contributed by atoms with Crippen LogP contribution >= 0.6 is 0 Å². The molecule has 1 aliphatic heterocycles. The molecule has 0 unspecified atom stereocenters. The predicted molar refractivity (Wildman–Crippen MR) is 124 cm³/mol. The Morgan fingerprint density at radius 1 is 1.27 bits per heavy atom. The molecule has 0 bridgehead atoms. The highest BCUT2D eigenvalue weighted by molar-refractivity contribution is 5.98. The van der Waals surface area contributed by atoms with Crippen LogP contribution in [0.15, 0.2) is 36.5 Å². The maximum atomic E-state index is 13.2. The van der Waals surface area contributed by atoms with Crippen molar-refractivity contribution in [2.75, 3.05) is 20.3 Å². The average molecular weight is 451 g/mol. The molecule has 1 aliphatic rings. The van der Waals surface area contributed by atoms with Crippen LogP contribution in [-0.4, -0.2) is 58.5 Å². The third-order valence-electron chi connectivity index (χ3n) is 6.29. The van der Waals surface area contributed by atoms with Gasteiger partial charge in [0, 0.05) is 19.2 Å². The molecule has 33 heavy (non-hydrogen) atoms. The van der Waals surface area contributed by atoms with Crippen LogP contribution in [0.25, 0.3) is 11.3 Å². The van der Waals surface area contributed by atoms with E-state index in [0.29, 0.717) is 30.8 Å². The number of aliphatic hydroxyl groups is 1. The van der Waals surface area contributed by atoms with Gasteiger partial charge >= 0.3 is 0 Å². The fourth-order valence-corrected chi connectivity index (χ4v) is 4.21. The van der Waals surface area contributed by atoms with Gasteiger partial charge in [0.1, 0.15) is 11.4 Å². The van der Waals surface area contributed by atoms with Gasteiger partial charge in [-0.3, -0.25) is 9.48 Å². The van der Waals surface area contributed by atoms with Crippen LogP contribution in [0.3, 0.4) is 0 Å². The fourth-order valence-electron chi connectivity index (χ4n) is 4.21. The molecule has 0 radical (unpaired) electrons. The van der Waals surface area contributed by atoms with E-state index < -0.39 is 6.10 Å². The van der Waals surface area contributed by atoms with Gasteiger partial charge < -0.3 is 19.9 Å². The van der Waals surface area contributed by atoms with Gasteiger partial charge in [0.25, 0.3) is 5.91 Å². The van der Waals surface area contributed by atoms with Crippen molar-refractivity contribution >= 4 is 5.91 Å². The maximum Gasteiger partial charge on any atom is 0.255 e. The minimum Gasteiger partial charge on any atom is -0.496 e. The van der Waals surface area contributed by atoms with Gasteiger partial charge in [-0.15, -0.1) is 5.10 Å². The Bertz CT molecular complexity index is 1140. The van der Waals surface area contributed by atoms with Crippen LogP contribution in [0.2, 0.25) is 0 Å². The molecule has 0 spiro atoms. The molecule has 1 fully saturated rings. The van der Waals surface area contributed by atoms with Crippen molar-refractivity contribution in [3.8, 4) is 17.0 Å². The smallest absolute Gasteiger partial charge is 0.255 e. The summed E-state index contributed by atoms with van der Waals surface area (Å²) < 4.78 is 12.6. The van der Waals surface area contributed by atoms with Gasteiger partial charge in [0.05, 0.1) is 37.6 Å². The lowest BCUT2D eigenvalue weighted by Gasteiger charge is -2.29. The van der Waals surface area contributed by atoms with Crippen LogP contribution in [0.1, 0.15) is 39.0 Å². The summed E-state index contributed by atoms with van der Waals surface area (Å²) in [4.78, 5) is 13.2. The highest BCUT2D eigenvalue weighted by Crippen LogP contribution is 2.31. The van der Waals surface area contributed by atoms with Crippen molar-refractivity contribution in [1.82, 2.24) is 20.3 Å². The number of benzene rings is 2. The van der Waals surface area contributed by atoms with Crippen molar-refractivity contribution in [3.05, 3.63) is 64.3 Å². The number of ether oxygens (including phenoxy) is 2. The quantitative estimate of drug-likeness (QED) is 0.599. The Morgan fingerprint density at radius 3 is 2.67 bits per heavy atom. The third kappa shape index (κ3) is 4.91. The molecule has 0 saturated carbocycles. The summed E-state index contributed by atoms with van der Waals surface area (Å²) in [7, 11) is 3.42. The zero-order valence-corrected chi connectivity index (χ0v) is 19.5. The summed E-state index contributed by atoms with van der Waals surface area (Å²) in [6.45, 7) is 4.76. The largest absolute Gasteiger partial charge is 0.496 e. The van der Waals surface area contributed by atoms with Crippen molar-refractivity contribution in [3.63, 3.8) is 0 Å². The maximum absolute atomic E-state index is 13.2. The molecular weight excluding hydrogens is 420 g/mol. The standard InChI is InChI=1S/C25H30N4O4/c1-15-16(2)24(32-4)20(25(31)26-21-9-10-33-14-23(21)30)12-19(15)11-17-5-7-18(8-6-17)22-13-29(3)28-27-22/h5-8,12-13,21,23,30H,9-11,14H2,1-4H3,(H,26,31)/t21-,23-/m0/s1. The molecule has 8 heteroatoms. The van der Waals surface area contributed by atoms with Crippen LogP contribution in [0.4, 0.5) is 0 Å². The van der Waals surface area contributed by atoms with Crippen molar-refractivity contribution in [2.45, 2.75) is 38.8 Å². The van der Waals surface area contributed by atoms with Crippen molar-refractivity contribution in [2.24, 2.45) is 7.05 Å². The Morgan fingerprint density at radius 2 is 2.03 bits per heavy atom. The molecule has 1 amide bonds. The lowest BCUT2D eigenvalue weighted by molar-refractivity contribution is -0.0261. The van der Waals surface area contributed by atoms with E-state index in [0.717, 1.165) is 33.5 Å². The molecule has 1 aromatic heterocycles. The first-order valence-electron chi connectivity index (χ1n) is 11.1. The first kappa shape index (κ1) is 22.9. The first-order valence-corrected chi connectivity index (χ1v) is 11.1. The molecule has 1 saturated heterocycles. The van der Waals surface area contributed by atoms with Gasteiger partial charge in [-0.25, -0.2) is 0 Å². The number of carbonyl (C=O) groups is 1. The van der Waals surface area contributed by atoms with E-state index in [1.54, 1.807) is 11.8 Å². The molecule has 8 nitrogen and oxygen atoms in total. The second-order valence-electron chi connectivity index (χ2n) is 8.53. The zero-order chi connectivity index (χ0) is 23.5. The van der Waals surface area contributed by atoms with Crippen LogP contribution in [0.5, 0.6) is 5.75 Å². The van der Waals surface area contributed by atoms with E-state index in [1.165, 1.54) is 0 Å². The Balaban J connectivity index is 1.59. The van der Waals surface area contributed by atoms with Crippen LogP contribution < -0.4 is 10.1 Å². The van der Waals surface area contributed by atoms with Gasteiger partial charge in [-0.2, -0.15) is 0 Å². The highest BCUT2D eigenvalue weighted by Gasteiger charge is 2.27. The molecule has 3 aromatic rings.